The number of hydrogen-bond donors (Lipinski definition) is 0. The first-order valence-corrected chi connectivity index (χ1v) is 4.76. The van der Waals surface area contributed by atoms with E-state index in [1.165, 1.54) is 19.3 Å². The van der Waals surface area contributed by atoms with E-state index >= 15 is 0 Å². The fourth-order valence-corrected chi connectivity index (χ4v) is 1.07. The molecule has 0 saturated carbocycles. The zero-order chi connectivity index (χ0) is 9.23. The quantitative estimate of drug-likeness (QED) is 0.408. The third-order valence-electron chi connectivity index (χ3n) is 1.80. The van der Waals surface area contributed by atoms with Crippen LogP contribution in [0.3, 0.4) is 0 Å². The smallest absolute Gasteiger partial charge is 0.111 e. The highest BCUT2D eigenvalue weighted by Gasteiger charge is 1.99. The Morgan fingerprint density at radius 3 is 2.67 bits per heavy atom. The highest BCUT2D eigenvalue weighted by Crippen LogP contribution is 2.06. The van der Waals surface area contributed by atoms with Crippen molar-refractivity contribution in [2.75, 3.05) is 0 Å². The predicted octanol–water partition coefficient (Wildman–Crippen LogP) is 3.50. The van der Waals surface area contributed by atoms with Crippen LogP contribution >= 0.6 is 0 Å². The summed E-state index contributed by atoms with van der Waals surface area (Å²) in [5.74, 6) is 0. The Balaban J connectivity index is 3.24. The van der Waals surface area contributed by atoms with Crippen LogP contribution in [0.1, 0.15) is 39.0 Å². The van der Waals surface area contributed by atoms with Gasteiger partial charge in [-0.15, -0.1) is 0 Å². The second-order valence-corrected chi connectivity index (χ2v) is 3.01. The average molecular weight is 167 g/mol. The molecule has 69 valence electrons. The summed E-state index contributed by atoms with van der Waals surface area (Å²) in [7, 11) is 0. The molecule has 0 aromatic carbocycles. The van der Waals surface area contributed by atoms with Crippen LogP contribution in [0.4, 0.5) is 0 Å². The van der Waals surface area contributed by atoms with Crippen LogP contribution in [0.25, 0.3) is 0 Å². The van der Waals surface area contributed by atoms with E-state index in [1.54, 1.807) is 18.2 Å². The average Bonchev–Trinajstić information content (AvgIpc) is 2.09. The minimum atomic E-state index is -0.528. The lowest BCUT2D eigenvalue weighted by molar-refractivity contribution is 0.119. The first-order valence-electron chi connectivity index (χ1n) is 4.76. The standard InChI is InChI=1S/C11H19O/c1-3-5-7-8-10-11(12)9-6-4-2/h4,6,9,11H,2-3,5,7-8,10H2,1H3/b9-6-. The molecule has 0 spiro atoms. The first kappa shape index (κ1) is 11.4. The summed E-state index contributed by atoms with van der Waals surface area (Å²) in [5.41, 5.74) is 0. The third kappa shape index (κ3) is 7.55. The topological polar surface area (TPSA) is 19.9 Å². The number of rotatable bonds is 7. The Kier molecular flexibility index (Phi) is 8.14. The summed E-state index contributed by atoms with van der Waals surface area (Å²) >= 11 is 0. The Bertz CT molecular complexity index is 127. The van der Waals surface area contributed by atoms with Gasteiger partial charge in [0.25, 0.3) is 0 Å². The fraction of sp³-hybridized carbons (Fsp3) is 0.636. The van der Waals surface area contributed by atoms with Crippen molar-refractivity contribution in [3.05, 3.63) is 24.8 Å². The number of allylic oxidation sites excluding steroid dienone is 2. The maximum atomic E-state index is 11.1. The van der Waals surface area contributed by atoms with Gasteiger partial charge in [0.2, 0.25) is 0 Å². The zero-order valence-corrected chi connectivity index (χ0v) is 7.96. The number of hydrogen-bond acceptors (Lipinski definition) is 0. The van der Waals surface area contributed by atoms with E-state index < -0.39 is 6.10 Å². The molecule has 1 heteroatoms. The lowest BCUT2D eigenvalue weighted by atomic mass is 10.1. The lowest BCUT2D eigenvalue weighted by Crippen LogP contribution is -1.98. The fourth-order valence-electron chi connectivity index (χ4n) is 1.07. The van der Waals surface area contributed by atoms with Gasteiger partial charge in [0.05, 0.1) is 0 Å². The summed E-state index contributed by atoms with van der Waals surface area (Å²) in [6, 6.07) is 0. The van der Waals surface area contributed by atoms with Crippen molar-refractivity contribution in [2.45, 2.75) is 45.1 Å². The van der Waals surface area contributed by atoms with Crippen molar-refractivity contribution in [1.82, 2.24) is 0 Å². The molecule has 0 fully saturated rings. The van der Waals surface area contributed by atoms with E-state index in [0.717, 1.165) is 12.8 Å². The van der Waals surface area contributed by atoms with Crippen molar-refractivity contribution in [3.63, 3.8) is 0 Å². The zero-order valence-electron chi connectivity index (χ0n) is 7.96. The van der Waals surface area contributed by atoms with Gasteiger partial charge in [-0.05, 0) is 6.42 Å². The highest BCUT2D eigenvalue weighted by atomic mass is 16.3. The molecule has 0 bridgehead atoms. The second kappa shape index (κ2) is 8.54. The Hall–Kier alpha value is -0.560. The van der Waals surface area contributed by atoms with E-state index in [2.05, 4.69) is 13.5 Å². The second-order valence-electron chi connectivity index (χ2n) is 3.01. The van der Waals surface area contributed by atoms with Gasteiger partial charge in [0.1, 0.15) is 6.10 Å². The number of unbranched alkanes of at least 4 members (excludes halogenated alkanes) is 3. The molecule has 0 saturated heterocycles. The molecular formula is C11H19O. The Labute approximate surface area is 75.8 Å². The monoisotopic (exact) mass is 167 g/mol. The molecular weight excluding hydrogens is 148 g/mol. The molecule has 1 nitrogen and oxygen atoms in total. The van der Waals surface area contributed by atoms with Crippen molar-refractivity contribution in [1.29, 1.82) is 0 Å². The molecule has 1 atom stereocenters. The minimum Gasteiger partial charge on any atom is -0.229 e. The molecule has 0 heterocycles. The van der Waals surface area contributed by atoms with Crippen LogP contribution in [0.2, 0.25) is 0 Å². The molecule has 0 aliphatic rings. The Morgan fingerprint density at radius 2 is 2.08 bits per heavy atom. The summed E-state index contributed by atoms with van der Waals surface area (Å²) in [4.78, 5) is 0. The SMILES string of the molecule is C=C/C=C\C([O])CCCCCC. The van der Waals surface area contributed by atoms with Gasteiger partial charge in [0.15, 0.2) is 0 Å². The van der Waals surface area contributed by atoms with Crippen LogP contribution in [-0.4, -0.2) is 6.10 Å². The Morgan fingerprint density at radius 1 is 1.33 bits per heavy atom. The largest absolute Gasteiger partial charge is 0.229 e. The molecule has 0 aromatic rings. The van der Waals surface area contributed by atoms with Gasteiger partial charge >= 0.3 is 0 Å². The molecule has 0 rings (SSSR count). The van der Waals surface area contributed by atoms with Crippen LogP contribution in [-0.2, 0) is 5.11 Å². The van der Waals surface area contributed by atoms with E-state index in [9.17, 15) is 5.11 Å². The maximum Gasteiger partial charge on any atom is 0.111 e. The molecule has 12 heavy (non-hydrogen) atoms. The van der Waals surface area contributed by atoms with Crippen molar-refractivity contribution in [3.8, 4) is 0 Å². The van der Waals surface area contributed by atoms with Crippen molar-refractivity contribution >= 4 is 0 Å². The normalized spacial score (nSPS) is 13.5. The predicted molar refractivity (Wildman–Crippen MR) is 52.6 cm³/mol. The summed E-state index contributed by atoms with van der Waals surface area (Å²) < 4.78 is 0. The van der Waals surface area contributed by atoms with Crippen LogP contribution < -0.4 is 0 Å². The van der Waals surface area contributed by atoms with E-state index in [4.69, 9.17) is 0 Å². The van der Waals surface area contributed by atoms with Gasteiger partial charge in [-0.25, -0.2) is 5.11 Å². The van der Waals surface area contributed by atoms with Crippen molar-refractivity contribution in [2.24, 2.45) is 0 Å². The van der Waals surface area contributed by atoms with Gasteiger partial charge in [-0.2, -0.15) is 0 Å². The van der Waals surface area contributed by atoms with E-state index in [1.807, 2.05) is 0 Å². The summed E-state index contributed by atoms with van der Waals surface area (Å²) in [5, 5.41) is 11.1. The van der Waals surface area contributed by atoms with Gasteiger partial charge in [-0.1, -0.05) is 57.4 Å². The molecule has 0 aliphatic carbocycles. The molecule has 0 aliphatic heterocycles. The molecule has 0 amide bonds. The van der Waals surface area contributed by atoms with Crippen LogP contribution in [0, 0.1) is 0 Å². The van der Waals surface area contributed by atoms with Gasteiger partial charge in [-0.3, -0.25) is 0 Å². The lowest BCUT2D eigenvalue weighted by Gasteiger charge is -2.01. The molecule has 1 unspecified atom stereocenters. The molecule has 0 N–H and O–H groups in total. The third-order valence-corrected chi connectivity index (χ3v) is 1.80. The van der Waals surface area contributed by atoms with Gasteiger partial charge in [0, 0.05) is 0 Å². The maximum absolute atomic E-state index is 11.1. The van der Waals surface area contributed by atoms with Crippen molar-refractivity contribution < 1.29 is 5.11 Å². The van der Waals surface area contributed by atoms with E-state index in [-0.39, 0.29) is 0 Å². The van der Waals surface area contributed by atoms with Crippen LogP contribution in [0.5, 0.6) is 0 Å². The molecule has 1 radical (unpaired) electrons. The first-order chi connectivity index (χ1) is 5.81. The minimum absolute atomic E-state index is 0.528. The summed E-state index contributed by atoms with van der Waals surface area (Å²) in [6.07, 6.45) is 10.0. The van der Waals surface area contributed by atoms with Gasteiger partial charge < -0.3 is 0 Å². The summed E-state index contributed by atoms with van der Waals surface area (Å²) in [6.45, 7) is 5.69. The molecule has 0 aromatic heterocycles. The van der Waals surface area contributed by atoms with E-state index in [0.29, 0.717) is 0 Å². The van der Waals surface area contributed by atoms with Crippen LogP contribution in [0.15, 0.2) is 24.8 Å². The highest BCUT2D eigenvalue weighted by molar-refractivity contribution is 5.00.